The molecule has 1 aromatic carbocycles. The summed E-state index contributed by atoms with van der Waals surface area (Å²) in [6.45, 7) is 0. The Morgan fingerprint density at radius 1 is 1.53 bits per heavy atom. The van der Waals surface area contributed by atoms with E-state index in [-0.39, 0.29) is 6.04 Å². The van der Waals surface area contributed by atoms with Crippen LogP contribution in [-0.2, 0) is 7.05 Å². The SMILES string of the molecule is CNC(CSc1cccc(Cl)c1)c1c(Br)cnn1C. The number of rotatable bonds is 5. The number of halogens is 2. The number of aromatic nitrogens is 2. The zero-order chi connectivity index (χ0) is 13.8. The lowest BCUT2D eigenvalue weighted by Crippen LogP contribution is -2.22. The molecular formula is C13H15BrClN3S. The van der Waals surface area contributed by atoms with Crippen LogP contribution < -0.4 is 5.32 Å². The molecule has 3 nitrogen and oxygen atoms in total. The van der Waals surface area contributed by atoms with Crippen molar-refractivity contribution in [3.8, 4) is 0 Å². The van der Waals surface area contributed by atoms with Crippen LogP contribution in [0.15, 0.2) is 39.8 Å². The van der Waals surface area contributed by atoms with Gasteiger partial charge in [0.1, 0.15) is 0 Å². The van der Waals surface area contributed by atoms with Gasteiger partial charge in [0.25, 0.3) is 0 Å². The Kier molecular flexibility index (Phi) is 5.33. The third kappa shape index (κ3) is 3.75. The van der Waals surface area contributed by atoms with E-state index in [0.717, 1.165) is 20.9 Å². The standard InChI is InChI=1S/C13H15BrClN3S/c1-16-12(13-11(14)7-17-18(13)2)8-19-10-5-3-4-9(15)6-10/h3-7,12,16H,8H2,1-2H3. The van der Waals surface area contributed by atoms with Crippen molar-refractivity contribution >= 4 is 39.3 Å². The van der Waals surface area contributed by atoms with E-state index in [0.29, 0.717) is 0 Å². The lowest BCUT2D eigenvalue weighted by molar-refractivity contribution is 0.583. The molecule has 0 aliphatic carbocycles. The maximum Gasteiger partial charge on any atom is 0.0700 e. The smallest absolute Gasteiger partial charge is 0.0700 e. The maximum atomic E-state index is 5.99. The summed E-state index contributed by atoms with van der Waals surface area (Å²) in [6, 6.07) is 8.14. The van der Waals surface area contributed by atoms with E-state index in [1.54, 1.807) is 11.8 Å². The summed E-state index contributed by atoms with van der Waals surface area (Å²) in [5, 5.41) is 8.35. The topological polar surface area (TPSA) is 29.9 Å². The van der Waals surface area contributed by atoms with E-state index < -0.39 is 0 Å². The molecule has 0 amide bonds. The van der Waals surface area contributed by atoms with Gasteiger partial charge in [-0.1, -0.05) is 17.7 Å². The number of nitrogens with zero attached hydrogens (tertiary/aromatic N) is 2. The molecule has 2 aromatic rings. The molecule has 0 saturated heterocycles. The molecule has 1 heterocycles. The molecule has 0 aliphatic rings. The van der Waals surface area contributed by atoms with E-state index >= 15 is 0 Å². The molecule has 6 heteroatoms. The largest absolute Gasteiger partial charge is 0.311 e. The zero-order valence-corrected chi connectivity index (χ0v) is 13.9. The van der Waals surface area contributed by atoms with E-state index in [4.69, 9.17) is 11.6 Å². The molecule has 1 N–H and O–H groups in total. The highest BCUT2D eigenvalue weighted by Gasteiger charge is 2.17. The van der Waals surface area contributed by atoms with Gasteiger partial charge in [0, 0.05) is 22.7 Å². The first kappa shape index (κ1) is 14.9. The minimum atomic E-state index is 0.228. The molecule has 0 bridgehead atoms. The Balaban J connectivity index is 2.08. The van der Waals surface area contributed by atoms with Crippen LogP contribution in [0.25, 0.3) is 0 Å². The normalized spacial score (nSPS) is 12.6. The van der Waals surface area contributed by atoms with Gasteiger partial charge in [0.2, 0.25) is 0 Å². The molecule has 0 aliphatic heterocycles. The van der Waals surface area contributed by atoms with E-state index in [9.17, 15) is 0 Å². The van der Waals surface area contributed by atoms with Gasteiger partial charge in [-0.3, -0.25) is 4.68 Å². The second-order valence-corrected chi connectivity index (χ2v) is 6.50. The average molecular weight is 361 g/mol. The Bertz CT molecular complexity index is 539. The molecule has 19 heavy (non-hydrogen) atoms. The fraction of sp³-hybridized carbons (Fsp3) is 0.308. The van der Waals surface area contributed by atoms with Crippen molar-refractivity contribution in [1.29, 1.82) is 0 Å². The molecule has 1 aromatic heterocycles. The third-order valence-corrected chi connectivity index (χ3v) is 4.76. The molecule has 0 fully saturated rings. The van der Waals surface area contributed by atoms with Crippen molar-refractivity contribution in [3.05, 3.63) is 45.7 Å². The molecule has 0 saturated carbocycles. The molecule has 0 radical (unpaired) electrons. The quantitative estimate of drug-likeness (QED) is 0.820. The lowest BCUT2D eigenvalue weighted by Gasteiger charge is -2.17. The maximum absolute atomic E-state index is 5.99. The van der Waals surface area contributed by atoms with Crippen LogP contribution in [0.1, 0.15) is 11.7 Å². The molecule has 1 atom stereocenters. The van der Waals surface area contributed by atoms with Gasteiger partial charge in [-0.05, 0) is 41.2 Å². The summed E-state index contributed by atoms with van der Waals surface area (Å²) in [4.78, 5) is 1.17. The summed E-state index contributed by atoms with van der Waals surface area (Å²) in [5.74, 6) is 0.912. The van der Waals surface area contributed by atoms with Crippen molar-refractivity contribution in [2.45, 2.75) is 10.9 Å². The van der Waals surface area contributed by atoms with Crippen molar-refractivity contribution in [1.82, 2.24) is 15.1 Å². The number of thioether (sulfide) groups is 1. The molecule has 1 unspecified atom stereocenters. The highest BCUT2D eigenvalue weighted by molar-refractivity contribution is 9.10. The highest BCUT2D eigenvalue weighted by Crippen LogP contribution is 2.29. The predicted molar refractivity (Wildman–Crippen MR) is 84.9 cm³/mol. The van der Waals surface area contributed by atoms with Crippen LogP contribution in [0.2, 0.25) is 5.02 Å². The van der Waals surface area contributed by atoms with Gasteiger partial charge in [-0.2, -0.15) is 5.10 Å². The Morgan fingerprint density at radius 3 is 2.89 bits per heavy atom. The van der Waals surface area contributed by atoms with E-state index in [1.165, 1.54) is 4.90 Å². The van der Waals surface area contributed by atoms with Gasteiger partial charge >= 0.3 is 0 Å². The van der Waals surface area contributed by atoms with Crippen molar-refractivity contribution < 1.29 is 0 Å². The van der Waals surface area contributed by atoms with Crippen LogP contribution in [0, 0.1) is 0 Å². The Morgan fingerprint density at radius 2 is 2.32 bits per heavy atom. The van der Waals surface area contributed by atoms with Crippen LogP contribution in [0.3, 0.4) is 0 Å². The van der Waals surface area contributed by atoms with Gasteiger partial charge in [0.15, 0.2) is 0 Å². The molecule has 0 spiro atoms. The van der Waals surface area contributed by atoms with Gasteiger partial charge in [0.05, 0.1) is 22.4 Å². The summed E-state index contributed by atoms with van der Waals surface area (Å²) in [6.07, 6.45) is 1.82. The van der Waals surface area contributed by atoms with Crippen molar-refractivity contribution in [3.63, 3.8) is 0 Å². The van der Waals surface area contributed by atoms with E-state index in [2.05, 4.69) is 32.4 Å². The van der Waals surface area contributed by atoms with Gasteiger partial charge in [-0.25, -0.2) is 0 Å². The fourth-order valence-corrected chi connectivity index (χ4v) is 3.80. The monoisotopic (exact) mass is 359 g/mol. The first-order valence-corrected chi connectivity index (χ1v) is 8.00. The van der Waals surface area contributed by atoms with Crippen molar-refractivity contribution in [2.75, 3.05) is 12.8 Å². The third-order valence-electron chi connectivity index (χ3n) is 2.83. The first-order valence-electron chi connectivity index (χ1n) is 5.85. The van der Waals surface area contributed by atoms with E-state index in [1.807, 2.05) is 43.2 Å². The van der Waals surface area contributed by atoms with Crippen LogP contribution in [0.5, 0.6) is 0 Å². The number of hydrogen-bond acceptors (Lipinski definition) is 3. The number of nitrogens with one attached hydrogen (secondary N) is 1. The lowest BCUT2D eigenvalue weighted by atomic mass is 10.2. The first-order chi connectivity index (χ1) is 9.11. The summed E-state index contributed by atoms with van der Waals surface area (Å²) in [5.41, 5.74) is 1.15. The zero-order valence-electron chi connectivity index (χ0n) is 10.7. The second-order valence-electron chi connectivity index (χ2n) is 4.11. The molecule has 102 valence electrons. The average Bonchev–Trinajstić information content (AvgIpc) is 2.71. The summed E-state index contributed by atoms with van der Waals surface area (Å²) in [7, 11) is 3.91. The molecular weight excluding hydrogens is 346 g/mol. The second kappa shape index (κ2) is 6.79. The van der Waals surface area contributed by atoms with Crippen LogP contribution in [0.4, 0.5) is 0 Å². The Hall–Kier alpha value is -0.490. The number of benzene rings is 1. The summed E-state index contributed by atoms with van der Waals surface area (Å²) >= 11 is 11.3. The predicted octanol–water partition coefficient (Wildman–Crippen LogP) is 3.89. The Labute approximate surface area is 130 Å². The number of aryl methyl sites for hydroxylation is 1. The highest BCUT2D eigenvalue weighted by atomic mass is 79.9. The van der Waals surface area contributed by atoms with Crippen LogP contribution in [-0.4, -0.2) is 22.6 Å². The number of hydrogen-bond donors (Lipinski definition) is 1. The fourth-order valence-electron chi connectivity index (χ4n) is 1.85. The van der Waals surface area contributed by atoms with Gasteiger partial charge in [-0.15, -0.1) is 11.8 Å². The minimum Gasteiger partial charge on any atom is -0.311 e. The minimum absolute atomic E-state index is 0.228. The molecule has 2 rings (SSSR count). The van der Waals surface area contributed by atoms with Gasteiger partial charge < -0.3 is 5.32 Å². The van der Waals surface area contributed by atoms with Crippen LogP contribution >= 0.6 is 39.3 Å². The van der Waals surface area contributed by atoms with Crippen molar-refractivity contribution in [2.24, 2.45) is 7.05 Å². The summed E-state index contributed by atoms with van der Waals surface area (Å²) < 4.78 is 2.92.